The van der Waals surface area contributed by atoms with Crippen molar-refractivity contribution in [1.82, 2.24) is 4.98 Å². The molecule has 0 fully saturated rings. The summed E-state index contributed by atoms with van der Waals surface area (Å²) in [5, 5.41) is 9.62. The lowest BCUT2D eigenvalue weighted by atomic mass is 9.97. The van der Waals surface area contributed by atoms with Crippen molar-refractivity contribution in [2.45, 2.75) is 0 Å². The zero-order valence-corrected chi connectivity index (χ0v) is 15.3. The van der Waals surface area contributed by atoms with Gasteiger partial charge in [0, 0.05) is 16.7 Å². The highest BCUT2D eigenvalue weighted by Crippen LogP contribution is 2.41. The molecule has 0 aliphatic heterocycles. The van der Waals surface area contributed by atoms with Crippen molar-refractivity contribution in [2.24, 2.45) is 0 Å². The molecule has 0 bridgehead atoms. The van der Waals surface area contributed by atoms with E-state index in [0.29, 0.717) is 33.9 Å². The lowest BCUT2D eigenvalue weighted by Gasteiger charge is -2.15. The van der Waals surface area contributed by atoms with E-state index in [1.165, 1.54) is 0 Å². The summed E-state index contributed by atoms with van der Waals surface area (Å²) in [7, 11) is 4.74. The summed E-state index contributed by atoms with van der Waals surface area (Å²) in [4.78, 5) is 4.40. The minimum atomic E-state index is 0.158. The number of hydrogen-bond donors (Lipinski definition) is 1. The van der Waals surface area contributed by atoms with Crippen LogP contribution < -0.4 is 19.9 Å². The highest BCUT2D eigenvalue weighted by atomic mass is 16.5. The van der Waals surface area contributed by atoms with Crippen LogP contribution in [0.3, 0.4) is 0 Å². The molecule has 3 aromatic rings. The van der Waals surface area contributed by atoms with Crippen LogP contribution in [0.4, 0.5) is 5.82 Å². The molecule has 3 rings (SSSR count). The molecule has 6 nitrogen and oxygen atoms in total. The molecular formula is C21H19N3O3. The molecule has 0 amide bonds. The van der Waals surface area contributed by atoms with Gasteiger partial charge in [0.2, 0.25) is 0 Å². The predicted octanol–water partition coefficient (Wildman–Crippen LogP) is 3.90. The third kappa shape index (κ3) is 3.35. The second-order valence-electron chi connectivity index (χ2n) is 5.70. The van der Waals surface area contributed by atoms with Gasteiger partial charge in [0.05, 0.1) is 27.0 Å². The van der Waals surface area contributed by atoms with Crippen molar-refractivity contribution >= 4 is 5.82 Å². The van der Waals surface area contributed by atoms with Gasteiger partial charge in [-0.05, 0) is 36.4 Å². The summed E-state index contributed by atoms with van der Waals surface area (Å²) in [6, 6.07) is 16.9. The Morgan fingerprint density at radius 3 is 2.26 bits per heavy atom. The number of benzene rings is 2. The Morgan fingerprint density at radius 1 is 0.926 bits per heavy atom. The molecule has 1 heterocycles. The molecular weight excluding hydrogens is 342 g/mol. The number of para-hydroxylation sites is 1. The summed E-state index contributed by atoms with van der Waals surface area (Å²) in [5.41, 5.74) is 9.23. The quantitative estimate of drug-likeness (QED) is 0.741. The maximum atomic E-state index is 9.62. The SMILES string of the molecule is COc1ccc(-c2cc(-c3cccc(OC)c3OC)c(C#N)c(N)n2)cc1. The number of nitrogens with two attached hydrogens (primary N) is 1. The lowest BCUT2D eigenvalue weighted by molar-refractivity contribution is 0.356. The molecule has 136 valence electrons. The number of nitrogens with zero attached hydrogens (tertiary/aromatic N) is 2. The van der Waals surface area contributed by atoms with Crippen molar-refractivity contribution < 1.29 is 14.2 Å². The van der Waals surface area contributed by atoms with E-state index in [-0.39, 0.29) is 5.82 Å². The summed E-state index contributed by atoms with van der Waals surface area (Å²) in [5.74, 6) is 2.00. The van der Waals surface area contributed by atoms with Crippen LogP contribution in [0.1, 0.15) is 5.56 Å². The maximum absolute atomic E-state index is 9.62. The molecule has 0 unspecified atom stereocenters. The molecule has 2 aromatic carbocycles. The summed E-state index contributed by atoms with van der Waals surface area (Å²) in [6.45, 7) is 0. The van der Waals surface area contributed by atoms with Crippen LogP contribution in [0, 0.1) is 11.3 Å². The first-order valence-electron chi connectivity index (χ1n) is 8.19. The Kier molecular flexibility index (Phi) is 5.13. The Balaban J connectivity index is 2.24. The number of methoxy groups -OCH3 is 3. The van der Waals surface area contributed by atoms with Crippen molar-refractivity contribution in [3.8, 4) is 45.7 Å². The number of pyridine rings is 1. The summed E-state index contributed by atoms with van der Waals surface area (Å²) < 4.78 is 16.1. The number of aromatic nitrogens is 1. The number of hydrogen-bond acceptors (Lipinski definition) is 6. The predicted molar refractivity (Wildman–Crippen MR) is 104 cm³/mol. The molecule has 0 radical (unpaired) electrons. The summed E-state index contributed by atoms with van der Waals surface area (Å²) in [6.07, 6.45) is 0. The average Bonchev–Trinajstić information content (AvgIpc) is 2.72. The molecule has 2 N–H and O–H groups in total. The van der Waals surface area contributed by atoms with E-state index in [2.05, 4.69) is 11.1 Å². The van der Waals surface area contributed by atoms with Gasteiger partial charge >= 0.3 is 0 Å². The Morgan fingerprint density at radius 2 is 1.67 bits per heavy atom. The Bertz CT molecular complexity index is 1010. The minimum absolute atomic E-state index is 0.158. The van der Waals surface area contributed by atoms with E-state index < -0.39 is 0 Å². The highest BCUT2D eigenvalue weighted by Gasteiger charge is 2.18. The van der Waals surface area contributed by atoms with E-state index in [4.69, 9.17) is 19.9 Å². The standard InChI is InChI=1S/C21H19N3O3/c1-25-14-9-7-13(8-10-14)18-11-16(17(12-22)21(23)24-18)15-5-4-6-19(26-2)20(15)27-3/h4-11H,1-3H3,(H2,23,24). The molecule has 27 heavy (non-hydrogen) atoms. The number of ether oxygens (including phenoxy) is 3. The van der Waals surface area contributed by atoms with Crippen LogP contribution in [0.25, 0.3) is 22.4 Å². The van der Waals surface area contributed by atoms with Crippen LogP contribution >= 0.6 is 0 Å². The van der Waals surface area contributed by atoms with Crippen LogP contribution in [-0.2, 0) is 0 Å². The molecule has 0 spiro atoms. The second kappa shape index (κ2) is 7.67. The van der Waals surface area contributed by atoms with Crippen LogP contribution in [-0.4, -0.2) is 26.3 Å². The number of nitrogen functional groups attached to an aromatic ring is 1. The van der Waals surface area contributed by atoms with Gasteiger partial charge in [0.25, 0.3) is 0 Å². The third-order valence-electron chi connectivity index (χ3n) is 4.24. The smallest absolute Gasteiger partial charge is 0.168 e. The van der Waals surface area contributed by atoms with Gasteiger partial charge in [-0.25, -0.2) is 4.98 Å². The van der Waals surface area contributed by atoms with E-state index >= 15 is 0 Å². The van der Waals surface area contributed by atoms with Crippen molar-refractivity contribution in [3.63, 3.8) is 0 Å². The van der Waals surface area contributed by atoms with E-state index in [9.17, 15) is 5.26 Å². The van der Waals surface area contributed by atoms with Crippen LogP contribution in [0.15, 0.2) is 48.5 Å². The Labute approximate surface area is 157 Å². The van der Waals surface area contributed by atoms with Gasteiger partial charge in [0.15, 0.2) is 11.5 Å². The van der Waals surface area contributed by atoms with Gasteiger partial charge in [0.1, 0.15) is 23.2 Å². The first-order valence-corrected chi connectivity index (χ1v) is 8.19. The largest absolute Gasteiger partial charge is 0.497 e. The van der Waals surface area contributed by atoms with Crippen molar-refractivity contribution in [3.05, 3.63) is 54.1 Å². The molecule has 0 atom stereocenters. The molecule has 0 aliphatic carbocycles. The van der Waals surface area contributed by atoms with Gasteiger partial charge in [-0.2, -0.15) is 5.26 Å². The van der Waals surface area contributed by atoms with E-state index in [1.807, 2.05) is 42.5 Å². The van der Waals surface area contributed by atoms with Gasteiger partial charge in [-0.15, -0.1) is 0 Å². The molecule has 1 aromatic heterocycles. The zero-order chi connectivity index (χ0) is 19.4. The van der Waals surface area contributed by atoms with Crippen molar-refractivity contribution in [2.75, 3.05) is 27.1 Å². The average molecular weight is 361 g/mol. The molecule has 6 heteroatoms. The lowest BCUT2D eigenvalue weighted by Crippen LogP contribution is -2.01. The zero-order valence-electron chi connectivity index (χ0n) is 15.3. The fourth-order valence-electron chi connectivity index (χ4n) is 2.90. The Hall–Kier alpha value is -3.72. The van der Waals surface area contributed by atoms with E-state index in [0.717, 1.165) is 11.3 Å². The van der Waals surface area contributed by atoms with Gasteiger partial charge < -0.3 is 19.9 Å². The van der Waals surface area contributed by atoms with Crippen molar-refractivity contribution in [1.29, 1.82) is 5.26 Å². The number of anilines is 1. The fraction of sp³-hybridized carbons (Fsp3) is 0.143. The van der Waals surface area contributed by atoms with Gasteiger partial charge in [-0.3, -0.25) is 0 Å². The number of rotatable bonds is 5. The first kappa shape index (κ1) is 18.1. The monoisotopic (exact) mass is 361 g/mol. The molecule has 0 saturated heterocycles. The molecule has 0 saturated carbocycles. The summed E-state index contributed by atoms with van der Waals surface area (Å²) >= 11 is 0. The first-order chi connectivity index (χ1) is 13.1. The minimum Gasteiger partial charge on any atom is -0.497 e. The van der Waals surface area contributed by atoms with Crippen LogP contribution in [0.2, 0.25) is 0 Å². The normalized spacial score (nSPS) is 10.1. The molecule has 0 aliphatic rings. The topological polar surface area (TPSA) is 90.4 Å². The number of nitriles is 1. The second-order valence-corrected chi connectivity index (χ2v) is 5.70. The van der Waals surface area contributed by atoms with Crippen LogP contribution in [0.5, 0.6) is 17.2 Å². The highest BCUT2D eigenvalue weighted by molar-refractivity contribution is 5.84. The maximum Gasteiger partial charge on any atom is 0.168 e. The van der Waals surface area contributed by atoms with E-state index in [1.54, 1.807) is 27.4 Å². The third-order valence-corrected chi connectivity index (χ3v) is 4.24. The fourth-order valence-corrected chi connectivity index (χ4v) is 2.90. The van der Waals surface area contributed by atoms with Gasteiger partial charge in [-0.1, -0.05) is 12.1 Å².